The molecule has 0 radical (unpaired) electrons. The highest BCUT2D eigenvalue weighted by Crippen LogP contribution is 2.09. The molecule has 0 fully saturated rings. The molecule has 3 nitrogen and oxygen atoms in total. The topological polar surface area (TPSA) is 49.3 Å². The van der Waals surface area contributed by atoms with Crippen LogP contribution in [-0.2, 0) is 4.79 Å². The second-order valence-corrected chi connectivity index (χ2v) is 3.39. The highest BCUT2D eigenvalue weighted by Gasteiger charge is 2.12. The molecule has 1 rings (SSSR count). The first-order chi connectivity index (χ1) is 6.33. The van der Waals surface area contributed by atoms with E-state index in [1.165, 1.54) is 0 Å². The minimum absolute atomic E-state index is 0.113. The van der Waals surface area contributed by atoms with Crippen molar-refractivity contribution in [2.24, 2.45) is 0 Å². The molecule has 0 aromatic carbocycles. The number of unbranched alkanes of at least 4 members (excludes halogenated alkanes) is 1. The van der Waals surface area contributed by atoms with Crippen molar-refractivity contribution in [3.8, 4) is 0 Å². The van der Waals surface area contributed by atoms with Gasteiger partial charge in [-0.25, -0.2) is 0 Å². The molecule has 0 spiro atoms. The lowest BCUT2D eigenvalue weighted by Gasteiger charge is -2.11. The van der Waals surface area contributed by atoms with Gasteiger partial charge in [-0.2, -0.15) is 0 Å². The molecule has 13 heavy (non-hydrogen) atoms. The Morgan fingerprint density at radius 2 is 2.08 bits per heavy atom. The highest BCUT2D eigenvalue weighted by atomic mass is 16.2. The summed E-state index contributed by atoms with van der Waals surface area (Å²) in [6.07, 6.45) is 8.16. The summed E-state index contributed by atoms with van der Waals surface area (Å²) in [6.45, 7) is 0.179. The maximum Gasteiger partial charge on any atom is 0.220 e. The smallest absolute Gasteiger partial charge is 0.220 e. The number of aliphatic hydroxyl groups excluding tert-OH is 1. The molecule has 0 unspecified atom stereocenters. The third-order valence-electron chi connectivity index (χ3n) is 2.18. The second-order valence-electron chi connectivity index (χ2n) is 3.39. The van der Waals surface area contributed by atoms with Crippen LogP contribution in [0.5, 0.6) is 0 Å². The highest BCUT2D eigenvalue weighted by molar-refractivity contribution is 5.76. The van der Waals surface area contributed by atoms with Gasteiger partial charge in [-0.1, -0.05) is 12.2 Å². The van der Waals surface area contributed by atoms with E-state index >= 15 is 0 Å². The summed E-state index contributed by atoms with van der Waals surface area (Å²) in [5.74, 6) is 0.113. The maximum absolute atomic E-state index is 11.3. The van der Waals surface area contributed by atoms with Crippen LogP contribution in [0.25, 0.3) is 0 Å². The standard InChI is InChI=1S/C10H17NO2/c12-8-4-3-7-10(13)11-9-5-1-2-6-9/h1-2,9,12H,3-8H2,(H,11,13). The summed E-state index contributed by atoms with van der Waals surface area (Å²) in [5, 5.41) is 11.5. The summed E-state index contributed by atoms with van der Waals surface area (Å²) in [7, 11) is 0. The molecule has 2 N–H and O–H groups in total. The molecule has 0 aliphatic heterocycles. The average Bonchev–Trinajstić information content (AvgIpc) is 2.57. The van der Waals surface area contributed by atoms with Gasteiger partial charge in [0.15, 0.2) is 0 Å². The van der Waals surface area contributed by atoms with Gasteiger partial charge in [0, 0.05) is 19.1 Å². The number of nitrogens with one attached hydrogen (secondary N) is 1. The molecule has 0 aromatic heterocycles. The zero-order valence-electron chi connectivity index (χ0n) is 7.83. The number of amides is 1. The molecule has 1 aliphatic rings. The van der Waals surface area contributed by atoms with E-state index in [4.69, 9.17) is 5.11 Å². The molecule has 0 heterocycles. The van der Waals surface area contributed by atoms with Crippen molar-refractivity contribution in [1.82, 2.24) is 5.32 Å². The van der Waals surface area contributed by atoms with Crippen molar-refractivity contribution in [2.45, 2.75) is 38.1 Å². The predicted molar refractivity (Wildman–Crippen MR) is 51.2 cm³/mol. The number of aliphatic hydroxyl groups is 1. The Balaban J connectivity index is 2.03. The Morgan fingerprint density at radius 1 is 1.38 bits per heavy atom. The van der Waals surface area contributed by atoms with Crippen molar-refractivity contribution in [3.63, 3.8) is 0 Å². The molecule has 1 amide bonds. The largest absolute Gasteiger partial charge is 0.396 e. The third kappa shape index (κ3) is 4.08. The van der Waals surface area contributed by atoms with Crippen LogP contribution < -0.4 is 5.32 Å². The Labute approximate surface area is 78.8 Å². The molecule has 3 heteroatoms. The van der Waals surface area contributed by atoms with E-state index in [2.05, 4.69) is 17.5 Å². The van der Waals surface area contributed by atoms with Crippen molar-refractivity contribution in [1.29, 1.82) is 0 Å². The molecule has 0 aromatic rings. The number of rotatable bonds is 5. The molecule has 1 aliphatic carbocycles. The van der Waals surface area contributed by atoms with Crippen LogP contribution in [0.15, 0.2) is 12.2 Å². The zero-order valence-corrected chi connectivity index (χ0v) is 7.83. The SMILES string of the molecule is O=C(CCCCO)NC1CC=CC1. The molecular formula is C10H17NO2. The van der Waals surface area contributed by atoms with Gasteiger partial charge in [-0.3, -0.25) is 4.79 Å². The summed E-state index contributed by atoms with van der Waals surface area (Å²) in [4.78, 5) is 11.3. The van der Waals surface area contributed by atoms with Gasteiger partial charge in [0.2, 0.25) is 5.91 Å². The Hall–Kier alpha value is -0.830. The molecule has 0 atom stereocenters. The van der Waals surface area contributed by atoms with Crippen LogP contribution >= 0.6 is 0 Å². The van der Waals surface area contributed by atoms with E-state index < -0.39 is 0 Å². The van der Waals surface area contributed by atoms with E-state index in [-0.39, 0.29) is 12.5 Å². The monoisotopic (exact) mass is 183 g/mol. The van der Waals surface area contributed by atoms with Crippen LogP contribution in [0.2, 0.25) is 0 Å². The lowest BCUT2D eigenvalue weighted by molar-refractivity contribution is -0.121. The minimum atomic E-state index is 0.113. The fraction of sp³-hybridized carbons (Fsp3) is 0.700. The summed E-state index contributed by atoms with van der Waals surface area (Å²) < 4.78 is 0. The van der Waals surface area contributed by atoms with Gasteiger partial charge in [-0.15, -0.1) is 0 Å². The average molecular weight is 183 g/mol. The van der Waals surface area contributed by atoms with Crippen molar-refractivity contribution < 1.29 is 9.90 Å². The van der Waals surface area contributed by atoms with Gasteiger partial charge in [0.25, 0.3) is 0 Å². The number of carbonyl (C=O) groups is 1. The minimum Gasteiger partial charge on any atom is -0.396 e. The Kier molecular flexibility index (Phi) is 4.54. The van der Waals surface area contributed by atoms with E-state index in [1.54, 1.807) is 0 Å². The zero-order chi connectivity index (χ0) is 9.52. The fourth-order valence-electron chi connectivity index (χ4n) is 1.43. The van der Waals surface area contributed by atoms with Crippen molar-refractivity contribution in [2.75, 3.05) is 6.61 Å². The van der Waals surface area contributed by atoms with Crippen LogP contribution in [0.3, 0.4) is 0 Å². The van der Waals surface area contributed by atoms with Crippen LogP contribution in [0, 0.1) is 0 Å². The van der Waals surface area contributed by atoms with Gasteiger partial charge >= 0.3 is 0 Å². The molecule has 0 saturated carbocycles. The fourth-order valence-corrected chi connectivity index (χ4v) is 1.43. The van der Waals surface area contributed by atoms with E-state index in [0.717, 1.165) is 25.7 Å². The normalized spacial score (nSPS) is 16.4. The lowest BCUT2D eigenvalue weighted by atomic mass is 10.2. The van der Waals surface area contributed by atoms with Crippen LogP contribution in [0.4, 0.5) is 0 Å². The van der Waals surface area contributed by atoms with E-state index in [9.17, 15) is 4.79 Å². The predicted octanol–water partition coefficient (Wildman–Crippen LogP) is 0.984. The number of hydrogen-bond acceptors (Lipinski definition) is 2. The Morgan fingerprint density at radius 3 is 2.69 bits per heavy atom. The van der Waals surface area contributed by atoms with Gasteiger partial charge in [0.05, 0.1) is 0 Å². The Bertz CT molecular complexity index is 181. The van der Waals surface area contributed by atoms with Crippen molar-refractivity contribution in [3.05, 3.63) is 12.2 Å². The third-order valence-corrected chi connectivity index (χ3v) is 2.18. The summed E-state index contributed by atoms with van der Waals surface area (Å²) in [6, 6.07) is 0.321. The molecule has 0 bridgehead atoms. The molecular weight excluding hydrogens is 166 g/mol. The maximum atomic E-state index is 11.3. The van der Waals surface area contributed by atoms with Crippen LogP contribution in [0.1, 0.15) is 32.1 Å². The first kappa shape index (κ1) is 10.3. The first-order valence-electron chi connectivity index (χ1n) is 4.88. The number of carbonyl (C=O) groups excluding carboxylic acids is 1. The molecule has 74 valence electrons. The first-order valence-corrected chi connectivity index (χ1v) is 4.88. The lowest BCUT2D eigenvalue weighted by Crippen LogP contribution is -2.32. The van der Waals surface area contributed by atoms with Gasteiger partial charge in [0.1, 0.15) is 0 Å². The van der Waals surface area contributed by atoms with Crippen molar-refractivity contribution >= 4 is 5.91 Å². The van der Waals surface area contributed by atoms with E-state index in [0.29, 0.717) is 12.5 Å². The molecule has 0 saturated heterocycles. The second kappa shape index (κ2) is 5.75. The summed E-state index contributed by atoms with van der Waals surface area (Å²) >= 11 is 0. The van der Waals surface area contributed by atoms with Gasteiger partial charge < -0.3 is 10.4 Å². The van der Waals surface area contributed by atoms with Crippen LogP contribution in [-0.4, -0.2) is 23.7 Å². The van der Waals surface area contributed by atoms with Gasteiger partial charge in [-0.05, 0) is 25.7 Å². The van der Waals surface area contributed by atoms with E-state index in [1.807, 2.05) is 0 Å². The number of hydrogen-bond donors (Lipinski definition) is 2. The summed E-state index contributed by atoms with van der Waals surface area (Å²) in [5.41, 5.74) is 0. The quantitative estimate of drug-likeness (QED) is 0.493.